The highest BCUT2D eigenvalue weighted by molar-refractivity contribution is 5.93. The number of nitrogens with one attached hydrogen (secondary N) is 3. The molecule has 50 heavy (non-hydrogen) atoms. The smallest absolute Gasteiger partial charge is 0.300 e. The van der Waals surface area contributed by atoms with E-state index in [0.29, 0.717) is 12.1 Å². The second-order valence-corrected chi connectivity index (χ2v) is 11.8. The SMILES string of the molecule is N[C@H](Cc1ccc(-c2ccccc2)cc1)C(=O)N[C@H](Cc1ccc(-c2ccccc2)cc1)C(=O)NCCNc1ccc([N+](=O)[O-])c2nonc12. The molecule has 0 aliphatic carbocycles. The van der Waals surface area contributed by atoms with Crippen molar-refractivity contribution in [1.29, 1.82) is 0 Å². The second kappa shape index (κ2) is 15.7. The Morgan fingerprint density at radius 1 is 0.680 bits per heavy atom. The number of benzene rings is 5. The van der Waals surface area contributed by atoms with Crippen LogP contribution in [0.2, 0.25) is 0 Å². The molecular formula is C38H35N7O5. The lowest BCUT2D eigenvalue weighted by molar-refractivity contribution is -0.383. The number of carbonyl (C=O) groups excluding carboxylic acids is 2. The van der Waals surface area contributed by atoms with Crippen molar-refractivity contribution in [2.75, 3.05) is 18.4 Å². The first kappa shape index (κ1) is 33.5. The predicted molar refractivity (Wildman–Crippen MR) is 191 cm³/mol. The van der Waals surface area contributed by atoms with Crippen molar-refractivity contribution >= 4 is 34.2 Å². The molecular weight excluding hydrogens is 634 g/mol. The van der Waals surface area contributed by atoms with Crippen molar-refractivity contribution in [3.8, 4) is 22.3 Å². The van der Waals surface area contributed by atoms with Crippen molar-refractivity contribution in [1.82, 2.24) is 20.9 Å². The average molecular weight is 670 g/mol. The van der Waals surface area contributed by atoms with Crippen LogP contribution < -0.4 is 21.7 Å². The van der Waals surface area contributed by atoms with Crippen LogP contribution in [0.15, 0.2) is 126 Å². The first-order valence-electron chi connectivity index (χ1n) is 16.1. The highest BCUT2D eigenvalue weighted by Crippen LogP contribution is 2.28. The van der Waals surface area contributed by atoms with Crippen LogP contribution in [-0.2, 0) is 22.4 Å². The van der Waals surface area contributed by atoms with Gasteiger partial charge in [-0.05, 0) is 56.2 Å². The summed E-state index contributed by atoms with van der Waals surface area (Å²) < 4.78 is 4.71. The van der Waals surface area contributed by atoms with Crippen molar-refractivity contribution in [2.24, 2.45) is 5.73 Å². The van der Waals surface area contributed by atoms with Gasteiger partial charge in [0.25, 0.3) is 0 Å². The molecule has 1 aromatic heterocycles. The Labute approximate surface area is 287 Å². The summed E-state index contributed by atoms with van der Waals surface area (Å²) in [4.78, 5) is 37.6. The van der Waals surface area contributed by atoms with Crippen molar-refractivity contribution in [3.05, 3.63) is 143 Å². The number of amides is 2. The van der Waals surface area contributed by atoms with Crippen molar-refractivity contribution < 1.29 is 19.1 Å². The zero-order valence-electron chi connectivity index (χ0n) is 27.0. The third-order valence-electron chi connectivity index (χ3n) is 8.32. The van der Waals surface area contributed by atoms with Crippen LogP contribution in [0.25, 0.3) is 33.3 Å². The van der Waals surface area contributed by atoms with Crippen LogP contribution in [0.5, 0.6) is 0 Å². The molecule has 6 rings (SSSR count). The Morgan fingerprint density at radius 3 is 1.80 bits per heavy atom. The molecule has 0 radical (unpaired) electrons. The van der Waals surface area contributed by atoms with E-state index in [-0.39, 0.29) is 42.1 Å². The number of carbonyl (C=O) groups is 2. The Kier molecular flexibility index (Phi) is 10.5. The minimum atomic E-state index is -0.901. The standard InChI is InChI=1S/C38H35N7O5/c39-31(23-25-11-15-29(16-12-25)27-7-3-1-4-8-27)37(46)42-33(24-26-13-17-30(18-14-26)28-9-5-2-6-10-28)38(47)41-22-21-40-32-19-20-34(45(48)49)36-35(32)43-50-44-36/h1-20,31,33,40H,21-24,39H2,(H,41,47)(H,42,46)/t31-,33-/m1/s1. The average Bonchev–Trinajstić information content (AvgIpc) is 3.65. The number of aromatic nitrogens is 2. The summed E-state index contributed by atoms with van der Waals surface area (Å²) in [5.41, 5.74) is 12.9. The molecule has 5 aromatic carbocycles. The van der Waals surface area contributed by atoms with Crippen LogP contribution in [-0.4, -0.2) is 52.2 Å². The van der Waals surface area contributed by atoms with Crippen LogP contribution in [0, 0.1) is 10.1 Å². The summed E-state index contributed by atoms with van der Waals surface area (Å²) in [5.74, 6) is -0.827. The Balaban J connectivity index is 1.10. The number of anilines is 1. The van der Waals surface area contributed by atoms with E-state index in [0.717, 1.165) is 33.4 Å². The number of fused-ring (bicyclic) bond motifs is 1. The Hall–Kier alpha value is -6.40. The molecule has 0 aliphatic rings. The molecule has 12 heteroatoms. The van der Waals surface area contributed by atoms with Gasteiger partial charge in [0.1, 0.15) is 6.04 Å². The Morgan fingerprint density at radius 2 is 1.22 bits per heavy atom. The topological polar surface area (TPSA) is 178 Å². The van der Waals surface area contributed by atoms with Gasteiger partial charge in [-0.15, -0.1) is 0 Å². The number of nitro benzene ring substituents is 1. The minimum Gasteiger partial charge on any atom is -0.381 e. The first-order valence-corrected chi connectivity index (χ1v) is 16.1. The molecule has 2 amide bonds. The molecule has 1 heterocycles. The van der Waals surface area contributed by atoms with E-state index in [2.05, 4.69) is 26.3 Å². The molecule has 0 fully saturated rings. The summed E-state index contributed by atoms with van der Waals surface area (Å²) in [5, 5.41) is 27.6. The lowest BCUT2D eigenvalue weighted by Crippen LogP contribution is -2.53. The van der Waals surface area contributed by atoms with E-state index in [1.165, 1.54) is 12.1 Å². The van der Waals surface area contributed by atoms with Gasteiger partial charge >= 0.3 is 5.69 Å². The number of hydrogen-bond donors (Lipinski definition) is 4. The molecule has 5 N–H and O–H groups in total. The largest absolute Gasteiger partial charge is 0.381 e. The molecule has 0 unspecified atom stereocenters. The van der Waals surface area contributed by atoms with E-state index in [1.54, 1.807) is 0 Å². The summed E-state index contributed by atoms with van der Waals surface area (Å²) in [7, 11) is 0. The van der Waals surface area contributed by atoms with Crippen LogP contribution in [0.4, 0.5) is 11.4 Å². The number of nitro groups is 1. The number of nitrogens with zero attached hydrogens (tertiary/aromatic N) is 3. The van der Waals surface area contributed by atoms with E-state index in [1.807, 2.05) is 109 Å². The molecule has 0 spiro atoms. The summed E-state index contributed by atoms with van der Waals surface area (Å²) in [6.07, 6.45) is 0.539. The molecule has 2 atom stereocenters. The third-order valence-corrected chi connectivity index (χ3v) is 8.32. The van der Waals surface area contributed by atoms with Gasteiger partial charge in [-0.2, -0.15) is 0 Å². The van der Waals surface area contributed by atoms with Gasteiger partial charge in [-0.25, -0.2) is 4.63 Å². The fourth-order valence-electron chi connectivity index (χ4n) is 5.65. The van der Waals surface area contributed by atoms with Crippen LogP contribution in [0.3, 0.4) is 0 Å². The fraction of sp³-hybridized carbons (Fsp3) is 0.158. The molecule has 0 saturated heterocycles. The van der Waals surface area contributed by atoms with Crippen molar-refractivity contribution in [3.63, 3.8) is 0 Å². The molecule has 0 saturated carbocycles. The maximum Gasteiger partial charge on any atom is 0.300 e. The minimum absolute atomic E-state index is 0.0218. The summed E-state index contributed by atoms with van der Waals surface area (Å²) in [6.45, 7) is 0.443. The van der Waals surface area contributed by atoms with Crippen molar-refractivity contribution in [2.45, 2.75) is 24.9 Å². The predicted octanol–water partition coefficient (Wildman–Crippen LogP) is 5.29. The summed E-state index contributed by atoms with van der Waals surface area (Å²) in [6, 6.07) is 36.8. The van der Waals surface area contributed by atoms with Crippen LogP contribution >= 0.6 is 0 Å². The monoisotopic (exact) mass is 669 g/mol. The van der Waals surface area contributed by atoms with Gasteiger partial charge in [-0.1, -0.05) is 109 Å². The second-order valence-electron chi connectivity index (χ2n) is 11.8. The number of hydrogen-bond acceptors (Lipinski definition) is 9. The van der Waals surface area contributed by atoms with E-state index in [9.17, 15) is 19.7 Å². The van der Waals surface area contributed by atoms with E-state index >= 15 is 0 Å². The zero-order chi connectivity index (χ0) is 34.9. The Bertz CT molecular complexity index is 2070. The molecule has 252 valence electrons. The number of non-ortho nitro benzene ring substituents is 1. The van der Waals surface area contributed by atoms with Gasteiger partial charge in [0.2, 0.25) is 17.3 Å². The first-order chi connectivity index (χ1) is 24.4. The number of rotatable bonds is 14. The summed E-state index contributed by atoms with van der Waals surface area (Å²) >= 11 is 0. The highest BCUT2D eigenvalue weighted by Gasteiger charge is 2.25. The number of nitrogens with two attached hydrogens (primary N) is 1. The lowest BCUT2D eigenvalue weighted by Gasteiger charge is -2.21. The van der Waals surface area contributed by atoms with E-state index in [4.69, 9.17) is 10.4 Å². The molecule has 0 aliphatic heterocycles. The van der Waals surface area contributed by atoms with Gasteiger partial charge in [-0.3, -0.25) is 19.7 Å². The van der Waals surface area contributed by atoms with Gasteiger partial charge in [0.05, 0.1) is 16.7 Å². The molecule has 12 nitrogen and oxygen atoms in total. The highest BCUT2D eigenvalue weighted by atomic mass is 16.6. The van der Waals surface area contributed by atoms with Crippen LogP contribution in [0.1, 0.15) is 11.1 Å². The molecule has 6 aromatic rings. The van der Waals surface area contributed by atoms with E-state index < -0.39 is 22.9 Å². The maximum absolute atomic E-state index is 13.5. The normalized spacial score (nSPS) is 12.2. The third kappa shape index (κ3) is 8.17. The van der Waals surface area contributed by atoms with Gasteiger partial charge in [0, 0.05) is 25.6 Å². The van der Waals surface area contributed by atoms with Gasteiger partial charge in [0.15, 0.2) is 5.52 Å². The quantitative estimate of drug-likeness (QED) is 0.0681. The maximum atomic E-state index is 13.5. The van der Waals surface area contributed by atoms with Gasteiger partial charge < -0.3 is 21.7 Å². The fourth-order valence-corrected chi connectivity index (χ4v) is 5.65. The lowest BCUT2D eigenvalue weighted by atomic mass is 9.99. The molecule has 0 bridgehead atoms. The zero-order valence-corrected chi connectivity index (χ0v) is 27.0.